The van der Waals surface area contributed by atoms with Crippen molar-refractivity contribution in [1.82, 2.24) is 9.80 Å². The number of rotatable bonds is 4. The third-order valence-electron chi connectivity index (χ3n) is 5.14. The second-order valence-electron chi connectivity index (χ2n) is 6.57. The number of amides is 1. The minimum absolute atomic E-state index is 0.245. The Hall–Kier alpha value is -0.650. The fourth-order valence-corrected chi connectivity index (χ4v) is 3.62. The molecule has 3 aliphatic rings. The Morgan fingerprint density at radius 3 is 2.38 bits per heavy atom. The van der Waals surface area contributed by atoms with Crippen molar-refractivity contribution >= 4 is 5.91 Å². The van der Waals surface area contributed by atoms with Gasteiger partial charge in [-0.25, -0.2) is 0 Å². The first-order chi connectivity index (χ1) is 10.3. The maximum absolute atomic E-state index is 12.5. The molecule has 0 aromatic carbocycles. The predicted octanol–water partition coefficient (Wildman–Crippen LogP) is 0.984. The van der Waals surface area contributed by atoms with Crippen LogP contribution >= 0.6 is 0 Å². The quantitative estimate of drug-likeness (QED) is 0.776. The van der Waals surface area contributed by atoms with E-state index in [1.165, 1.54) is 19.4 Å². The highest BCUT2D eigenvalue weighted by atomic mass is 16.5. The molecule has 0 saturated carbocycles. The van der Waals surface area contributed by atoms with Crippen LogP contribution in [0.5, 0.6) is 0 Å². The van der Waals surface area contributed by atoms with Crippen LogP contribution in [0, 0.1) is 11.8 Å². The Bertz CT molecular complexity index is 330. The molecule has 5 heteroatoms. The van der Waals surface area contributed by atoms with Gasteiger partial charge in [-0.3, -0.25) is 4.79 Å². The summed E-state index contributed by atoms with van der Waals surface area (Å²) in [6.45, 7) is 8.19. The van der Waals surface area contributed by atoms with E-state index in [1.54, 1.807) is 0 Å². The number of morpholine rings is 1. The number of carbonyl (C=O) groups excluding carboxylic acids is 1. The lowest BCUT2D eigenvalue weighted by molar-refractivity contribution is -0.141. The average Bonchev–Trinajstić information content (AvgIpc) is 3.07. The Balaban J connectivity index is 1.36. The summed E-state index contributed by atoms with van der Waals surface area (Å²) in [5.74, 6) is 1.37. The van der Waals surface area contributed by atoms with Gasteiger partial charge in [-0.05, 0) is 51.2 Å². The maximum atomic E-state index is 12.5. The van der Waals surface area contributed by atoms with E-state index in [0.29, 0.717) is 19.1 Å². The van der Waals surface area contributed by atoms with Crippen LogP contribution in [0.3, 0.4) is 0 Å². The van der Waals surface area contributed by atoms with Crippen LogP contribution in [0.1, 0.15) is 25.7 Å². The lowest BCUT2D eigenvalue weighted by Crippen LogP contribution is -2.47. The molecule has 21 heavy (non-hydrogen) atoms. The molecule has 3 rings (SSSR count). The zero-order valence-electron chi connectivity index (χ0n) is 13.0. The van der Waals surface area contributed by atoms with Crippen molar-refractivity contribution in [3.8, 4) is 0 Å². The molecule has 0 aromatic rings. The third kappa shape index (κ3) is 4.18. The summed E-state index contributed by atoms with van der Waals surface area (Å²) < 4.78 is 10.8. The van der Waals surface area contributed by atoms with Gasteiger partial charge in [0, 0.05) is 32.2 Å². The molecule has 0 radical (unpaired) electrons. The minimum Gasteiger partial charge on any atom is -0.381 e. The molecule has 1 amide bonds. The summed E-state index contributed by atoms with van der Waals surface area (Å²) in [4.78, 5) is 17.0. The Kier molecular flexibility index (Phi) is 5.49. The summed E-state index contributed by atoms with van der Waals surface area (Å²) in [7, 11) is 0. The molecule has 0 bridgehead atoms. The van der Waals surface area contributed by atoms with E-state index in [2.05, 4.69) is 4.90 Å². The average molecular weight is 296 g/mol. The van der Waals surface area contributed by atoms with E-state index in [1.807, 2.05) is 4.90 Å². The van der Waals surface area contributed by atoms with E-state index in [-0.39, 0.29) is 5.92 Å². The summed E-state index contributed by atoms with van der Waals surface area (Å²) in [6.07, 6.45) is 4.53. The van der Waals surface area contributed by atoms with Gasteiger partial charge in [0.25, 0.3) is 0 Å². The zero-order chi connectivity index (χ0) is 14.5. The highest BCUT2D eigenvalue weighted by molar-refractivity contribution is 5.79. The lowest BCUT2D eigenvalue weighted by atomic mass is 9.94. The molecule has 3 saturated heterocycles. The molecular weight excluding hydrogens is 268 g/mol. The topological polar surface area (TPSA) is 42.0 Å². The first-order valence-corrected chi connectivity index (χ1v) is 8.49. The number of hydrogen-bond acceptors (Lipinski definition) is 4. The normalized spacial score (nSPS) is 29.0. The molecular formula is C16H28N2O3. The summed E-state index contributed by atoms with van der Waals surface area (Å²) in [6, 6.07) is 0. The molecule has 5 nitrogen and oxygen atoms in total. The minimum atomic E-state index is 0.245. The van der Waals surface area contributed by atoms with E-state index in [9.17, 15) is 4.79 Å². The maximum Gasteiger partial charge on any atom is 0.225 e. The zero-order valence-corrected chi connectivity index (χ0v) is 13.0. The summed E-state index contributed by atoms with van der Waals surface area (Å²) >= 11 is 0. The highest BCUT2D eigenvalue weighted by Crippen LogP contribution is 2.22. The Morgan fingerprint density at radius 2 is 1.71 bits per heavy atom. The van der Waals surface area contributed by atoms with Crippen molar-refractivity contribution in [1.29, 1.82) is 0 Å². The van der Waals surface area contributed by atoms with Gasteiger partial charge in [0.15, 0.2) is 0 Å². The number of carbonyl (C=O) groups is 1. The number of likely N-dealkylation sites (tertiary alicyclic amines) is 1. The van der Waals surface area contributed by atoms with Crippen LogP contribution in [0.25, 0.3) is 0 Å². The SMILES string of the molecule is O=C(C1CCN(CC[C@H]2CCOC2)CC1)N1CCOCC1. The van der Waals surface area contributed by atoms with Gasteiger partial charge in [-0.2, -0.15) is 0 Å². The molecule has 0 unspecified atom stereocenters. The van der Waals surface area contributed by atoms with Crippen LogP contribution < -0.4 is 0 Å². The van der Waals surface area contributed by atoms with Crippen molar-refractivity contribution in [2.24, 2.45) is 11.8 Å². The van der Waals surface area contributed by atoms with Crippen LogP contribution in [0.15, 0.2) is 0 Å². The van der Waals surface area contributed by atoms with Crippen LogP contribution in [0.2, 0.25) is 0 Å². The molecule has 3 aliphatic heterocycles. The molecule has 1 atom stereocenters. The molecule has 3 heterocycles. The number of ether oxygens (including phenoxy) is 2. The van der Waals surface area contributed by atoms with Crippen molar-refractivity contribution < 1.29 is 14.3 Å². The van der Waals surface area contributed by atoms with Gasteiger partial charge in [0.1, 0.15) is 0 Å². The van der Waals surface area contributed by atoms with Gasteiger partial charge < -0.3 is 19.3 Å². The fraction of sp³-hybridized carbons (Fsp3) is 0.938. The highest BCUT2D eigenvalue weighted by Gasteiger charge is 2.29. The third-order valence-corrected chi connectivity index (χ3v) is 5.14. The molecule has 0 aromatic heterocycles. The monoisotopic (exact) mass is 296 g/mol. The van der Waals surface area contributed by atoms with Gasteiger partial charge in [0.2, 0.25) is 5.91 Å². The predicted molar refractivity (Wildman–Crippen MR) is 80.1 cm³/mol. The van der Waals surface area contributed by atoms with Crippen LogP contribution in [-0.2, 0) is 14.3 Å². The van der Waals surface area contributed by atoms with Gasteiger partial charge >= 0.3 is 0 Å². The van der Waals surface area contributed by atoms with E-state index in [4.69, 9.17) is 9.47 Å². The Morgan fingerprint density at radius 1 is 0.952 bits per heavy atom. The van der Waals surface area contributed by atoms with Crippen molar-refractivity contribution in [2.45, 2.75) is 25.7 Å². The van der Waals surface area contributed by atoms with Gasteiger partial charge in [-0.1, -0.05) is 0 Å². The summed E-state index contributed by atoms with van der Waals surface area (Å²) in [5.41, 5.74) is 0. The molecule has 0 spiro atoms. The van der Waals surface area contributed by atoms with Crippen molar-refractivity contribution in [3.05, 3.63) is 0 Å². The van der Waals surface area contributed by atoms with Crippen LogP contribution in [0.4, 0.5) is 0 Å². The smallest absolute Gasteiger partial charge is 0.225 e. The van der Waals surface area contributed by atoms with Crippen molar-refractivity contribution in [2.75, 3.05) is 59.2 Å². The van der Waals surface area contributed by atoms with Gasteiger partial charge in [-0.15, -0.1) is 0 Å². The molecule has 0 aliphatic carbocycles. The largest absolute Gasteiger partial charge is 0.381 e. The van der Waals surface area contributed by atoms with E-state index in [0.717, 1.165) is 58.2 Å². The molecule has 0 N–H and O–H groups in total. The van der Waals surface area contributed by atoms with Crippen molar-refractivity contribution in [3.63, 3.8) is 0 Å². The Labute approximate surface area is 127 Å². The standard InChI is InChI=1S/C16H28N2O3/c19-16(18-8-11-20-12-9-18)15-2-6-17(7-3-15)5-1-14-4-10-21-13-14/h14-15H,1-13H2/t14-/m0/s1. The second-order valence-corrected chi connectivity index (χ2v) is 6.57. The van der Waals surface area contributed by atoms with E-state index < -0.39 is 0 Å². The first-order valence-electron chi connectivity index (χ1n) is 8.49. The number of hydrogen-bond donors (Lipinski definition) is 0. The lowest BCUT2D eigenvalue weighted by Gasteiger charge is -2.35. The van der Waals surface area contributed by atoms with Gasteiger partial charge in [0.05, 0.1) is 13.2 Å². The second kappa shape index (κ2) is 7.56. The van der Waals surface area contributed by atoms with Crippen LogP contribution in [-0.4, -0.2) is 74.9 Å². The number of piperidine rings is 1. The fourth-order valence-electron chi connectivity index (χ4n) is 3.62. The first kappa shape index (κ1) is 15.3. The molecule has 120 valence electrons. The number of nitrogens with zero attached hydrogens (tertiary/aromatic N) is 2. The van der Waals surface area contributed by atoms with E-state index >= 15 is 0 Å². The summed E-state index contributed by atoms with van der Waals surface area (Å²) in [5, 5.41) is 0. The molecule has 3 fully saturated rings.